The van der Waals surface area contributed by atoms with Gasteiger partial charge in [-0.1, -0.05) is 23.7 Å². The Morgan fingerprint density at radius 1 is 0.370 bits per heavy atom. The summed E-state index contributed by atoms with van der Waals surface area (Å²) < 4.78 is 0. The Labute approximate surface area is 322 Å². The summed E-state index contributed by atoms with van der Waals surface area (Å²) >= 11 is 0. The topological polar surface area (TPSA) is 98.7 Å². The lowest BCUT2D eigenvalue weighted by molar-refractivity contribution is -0.903. The highest BCUT2D eigenvalue weighted by atomic mass is 16.5. The Bertz CT molecular complexity index is 1580. The van der Waals surface area contributed by atoms with E-state index < -0.39 is 12.6 Å². The van der Waals surface area contributed by atoms with Gasteiger partial charge in [-0.15, -0.1) is 0 Å². The molecule has 8 heteroatoms. The minimum atomic E-state index is -1.54. The lowest BCUT2D eigenvalue weighted by Crippen LogP contribution is -3.13. The summed E-state index contributed by atoms with van der Waals surface area (Å²) in [6.45, 7) is 12.4. The fourth-order valence-electron chi connectivity index (χ4n) is 9.76. The van der Waals surface area contributed by atoms with Crippen LogP contribution in [0.15, 0.2) is 36.4 Å². The maximum absolute atomic E-state index is 9.98. The van der Waals surface area contributed by atoms with E-state index in [1.165, 1.54) is 71.0 Å². The van der Waals surface area contributed by atoms with E-state index >= 15 is 0 Å². The zero-order chi connectivity index (χ0) is 37.3. The first-order valence-corrected chi connectivity index (χ1v) is 20.7. The van der Waals surface area contributed by atoms with Gasteiger partial charge in [-0.05, 0) is 135 Å². The molecule has 0 aromatic heterocycles. The van der Waals surface area contributed by atoms with Gasteiger partial charge in [0, 0.05) is 33.4 Å². The Morgan fingerprint density at radius 3 is 0.796 bits per heavy atom. The molecule has 0 aliphatic carbocycles. The molecule has 0 unspecified atom stereocenters. The van der Waals surface area contributed by atoms with Crippen molar-refractivity contribution < 1.29 is 40.0 Å². The molecule has 54 heavy (non-hydrogen) atoms. The number of hydrogen-bond donors (Lipinski definition) is 8. The van der Waals surface area contributed by atoms with E-state index in [0.29, 0.717) is 11.1 Å². The van der Waals surface area contributed by atoms with Gasteiger partial charge in [0.15, 0.2) is 12.6 Å². The third kappa shape index (κ3) is 10.8. The first-order chi connectivity index (χ1) is 26.3. The minimum absolute atomic E-state index is 0.447. The van der Waals surface area contributed by atoms with Crippen molar-refractivity contribution in [3.63, 3.8) is 0 Å². The zero-order valence-corrected chi connectivity index (χ0v) is 31.9. The van der Waals surface area contributed by atoms with Gasteiger partial charge in [0.25, 0.3) is 0 Å². The van der Waals surface area contributed by atoms with Crippen molar-refractivity contribution >= 4 is 0 Å². The van der Waals surface area contributed by atoms with Crippen LogP contribution in [0.3, 0.4) is 0 Å². The van der Waals surface area contributed by atoms with Crippen molar-refractivity contribution in [2.75, 3.05) is 78.5 Å². The second-order valence-electron chi connectivity index (χ2n) is 16.7. The number of hydrogen-bond acceptors (Lipinski definition) is 4. The molecule has 12 bridgehead atoms. The number of piperidine rings is 4. The molecule has 0 radical (unpaired) electrons. The SMILES string of the molecule is OC(O)c1cc2cc(c1)C#CC[NH+]1CCC(CC1)C1CC[NH+](CC#Cc3cc(cc(C(O)O)c3)C#CC[NH+]3CCC(CC3)C3CC[NH+](CC#C2)CC3)CC1. The number of aliphatic hydroxyl groups excluding tert-OH is 2. The van der Waals surface area contributed by atoms with Crippen LogP contribution >= 0.6 is 0 Å². The Balaban J connectivity index is 1.04. The predicted octanol–water partition coefficient (Wildman–Crippen LogP) is -2.05. The molecule has 13 rings (SSSR count). The van der Waals surface area contributed by atoms with Crippen molar-refractivity contribution in [2.45, 2.75) is 63.9 Å². The molecule has 8 N–H and O–H groups in total. The second-order valence-corrected chi connectivity index (χ2v) is 16.7. The fraction of sp³-hybridized carbons (Fsp3) is 0.565. The molecule has 0 atom stereocenters. The Morgan fingerprint density at radius 2 is 0.593 bits per heavy atom. The number of benzene rings is 2. The molecule has 11 aliphatic rings. The zero-order valence-electron chi connectivity index (χ0n) is 31.9. The summed E-state index contributed by atoms with van der Waals surface area (Å²) in [5, 5.41) is 39.9. The molecule has 11 heterocycles. The summed E-state index contributed by atoms with van der Waals surface area (Å²) in [5.41, 5.74) is 4.08. The third-order valence-electron chi connectivity index (χ3n) is 13.1. The average molecular weight is 733 g/mol. The van der Waals surface area contributed by atoms with Gasteiger partial charge >= 0.3 is 0 Å². The molecule has 4 saturated heterocycles. The van der Waals surface area contributed by atoms with E-state index in [-0.39, 0.29) is 0 Å². The van der Waals surface area contributed by atoms with Crippen LogP contribution in [0, 0.1) is 71.0 Å². The van der Waals surface area contributed by atoms with Gasteiger partial charge in [-0.2, -0.15) is 0 Å². The van der Waals surface area contributed by atoms with Crippen molar-refractivity contribution in [3.8, 4) is 47.4 Å². The molecule has 2 aromatic carbocycles. The summed E-state index contributed by atoms with van der Waals surface area (Å²) in [5.74, 6) is 30.0. The van der Waals surface area contributed by atoms with Crippen LogP contribution in [0.25, 0.3) is 0 Å². The molecule has 8 nitrogen and oxygen atoms in total. The quantitative estimate of drug-likeness (QED) is 0.135. The predicted molar refractivity (Wildman–Crippen MR) is 208 cm³/mol. The van der Waals surface area contributed by atoms with Gasteiger partial charge in [-0.3, -0.25) is 0 Å². The first-order valence-electron chi connectivity index (χ1n) is 20.7. The normalized spacial score (nSPS) is 30.2. The van der Waals surface area contributed by atoms with E-state index in [1.54, 1.807) is 24.3 Å². The van der Waals surface area contributed by atoms with Gasteiger partial charge < -0.3 is 40.0 Å². The molecule has 0 saturated carbocycles. The van der Waals surface area contributed by atoms with E-state index in [1.807, 2.05) is 12.1 Å². The molecule has 4 fully saturated rings. The van der Waals surface area contributed by atoms with E-state index in [4.69, 9.17) is 0 Å². The third-order valence-corrected chi connectivity index (χ3v) is 13.1. The summed E-state index contributed by atoms with van der Waals surface area (Å²) in [4.78, 5) is 6.16. The smallest absolute Gasteiger partial charge is 0.178 e. The van der Waals surface area contributed by atoms with Crippen molar-refractivity contribution in [1.29, 1.82) is 0 Å². The minimum Gasteiger partial charge on any atom is -0.364 e. The van der Waals surface area contributed by atoms with Crippen LogP contribution in [0.1, 0.15) is 97.3 Å². The van der Waals surface area contributed by atoms with E-state index in [2.05, 4.69) is 47.4 Å². The van der Waals surface area contributed by atoms with Crippen LogP contribution in [0.4, 0.5) is 0 Å². The highest BCUT2D eigenvalue weighted by molar-refractivity contribution is 5.48. The van der Waals surface area contributed by atoms with Crippen molar-refractivity contribution in [2.24, 2.45) is 23.7 Å². The highest BCUT2D eigenvalue weighted by Gasteiger charge is 2.33. The molecule has 0 spiro atoms. The highest BCUT2D eigenvalue weighted by Crippen LogP contribution is 2.28. The Hall–Kier alpha value is -3.64. The van der Waals surface area contributed by atoms with E-state index in [0.717, 1.165) is 124 Å². The van der Waals surface area contributed by atoms with E-state index in [9.17, 15) is 20.4 Å². The van der Waals surface area contributed by atoms with Crippen LogP contribution in [0.2, 0.25) is 0 Å². The molecule has 0 amide bonds. The van der Waals surface area contributed by atoms with Gasteiger partial charge in [0.05, 0.1) is 52.4 Å². The maximum atomic E-state index is 9.98. The lowest BCUT2D eigenvalue weighted by atomic mass is 9.79. The first kappa shape index (κ1) is 38.6. The van der Waals surface area contributed by atoms with Crippen LogP contribution in [-0.4, -0.2) is 99.0 Å². The second kappa shape index (κ2) is 18.8. The lowest BCUT2D eigenvalue weighted by Gasteiger charge is -2.36. The molecular weight excluding hydrogens is 673 g/mol. The Kier molecular flexibility index (Phi) is 13.4. The molecular formula is C46H60N4O4+4. The summed E-state index contributed by atoms with van der Waals surface area (Å²) in [7, 11) is 0. The number of quaternary nitrogens is 4. The molecule has 11 aliphatic heterocycles. The monoisotopic (exact) mass is 732 g/mol. The summed E-state index contributed by atoms with van der Waals surface area (Å²) in [6, 6.07) is 11.1. The maximum Gasteiger partial charge on any atom is 0.178 e. The standard InChI is InChI=1S/C46H56N4O4/c51-45(52)43-31-35-5-1-17-47-21-9-39(10-22-47)40-11-23-49(24-12-40)19-3-7-37-30-38(34-44(33-37)46(53)54)8-4-20-50-27-15-42(16-28-50)41-13-25-48(26-14-41)18-2-6-36(29-35)32-43/h29-34,39-42,45-46,51-54H,9-28H2/p+4. The van der Waals surface area contributed by atoms with Gasteiger partial charge in [-0.25, -0.2) is 0 Å². The van der Waals surface area contributed by atoms with Gasteiger partial charge in [0.1, 0.15) is 26.2 Å². The summed E-state index contributed by atoms with van der Waals surface area (Å²) in [6.07, 6.45) is 6.92. The van der Waals surface area contributed by atoms with Crippen molar-refractivity contribution in [3.05, 3.63) is 69.8 Å². The van der Waals surface area contributed by atoms with Crippen LogP contribution in [-0.2, 0) is 0 Å². The number of aliphatic hydroxyl groups is 4. The number of rotatable bonds is 2. The van der Waals surface area contributed by atoms with Crippen LogP contribution < -0.4 is 19.6 Å². The molecule has 284 valence electrons. The van der Waals surface area contributed by atoms with Gasteiger partial charge in [0.2, 0.25) is 0 Å². The van der Waals surface area contributed by atoms with Crippen molar-refractivity contribution in [1.82, 2.24) is 0 Å². The molecule has 2 aromatic rings. The fourth-order valence-corrected chi connectivity index (χ4v) is 9.76. The number of nitrogens with one attached hydrogen (secondary N) is 4. The average Bonchev–Trinajstić information content (AvgIpc) is 3.19. The largest absolute Gasteiger partial charge is 0.364 e. The van der Waals surface area contributed by atoms with Crippen LogP contribution in [0.5, 0.6) is 0 Å².